The molecule has 2 aromatic carbocycles. The summed E-state index contributed by atoms with van der Waals surface area (Å²) < 4.78 is 47.0. The lowest BCUT2D eigenvalue weighted by atomic mass is 9.90. The van der Waals surface area contributed by atoms with Gasteiger partial charge in [-0.1, -0.05) is 35.9 Å². The van der Waals surface area contributed by atoms with Crippen LogP contribution >= 0.6 is 11.6 Å². The van der Waals surface area contributed by atoms with Gasteiger partial charge in [-0.25, -0.2) is 9.78 Å². The fourth-order valence-electron chi connectivity index (χ4n) is 5.04. The van der Waals surface area contributed by atoms with Gasteiger partial charge in [0.25, 0.3) is 0 Å². The quantitative estimate of drug-likeness (QED) is 0.362. The number of hydrogen-bond acceptors (Lipinski definition) is 4. The molecule has 5 nitrogen and oxygen atoms in total. The van der Waals surface area contributed by atoms with Crippen molar-refractivity contribution in [1.82, 2.24) is 9.88 Å². The predicted molar refractivity (Wildman–Crippen MR) is 132 cm³/mol. The maximum atomic E-state index is 13.7. The number of amides is 1. The number of alkyl halides is 3. The van der Waals surface area contributed by atoms with Crippen molar-refractivity contribution in [2.24, 2.45) is 0 Å². The lowest BCUT2D eigenvalue weighted by molar-refractivity contribution is -0.138. The number of ether oxygens (including phenoxy) is 1. The molecule has 3 aromatic rings. The first-order valence-electron chi connectivity index (χ1n) is 11.7. The molecular formula is C27H25ClF3N3O2. The number of anilines is 1. The topological polar surface area (TPSA) is 45.7 Å². The minimum absolute atomic E-state index is 0.160. The van der Waals surface area contributed by atoms with Crippen molar-refractivity contribution in [3.8, 4) is 11.1 Å². The third-order valence-electron chi connectivity index (χ3n) is 6.99. The SMILES string of the molecule is Cc1cc(-c2ccc(Cl)nc2)c(CN2CCC3(CC2)CN(c2ccccc2)C(=O)O3)cc1C(F)(F)F. The van der Waals surface area contributed by atoms with E-state index in [4.69, 9.17) is 16.3 Å². The van der Waals surface area contributed by atoms with Crippen LogP contribution in [0.25, 0.3) is 11.1 Å². The average Bonchev–Trinajstić information content (AvgIpc) is 3.17. The van der Waals surface area contributed by atoms with E-state index in [1.54, 1.807) is 29.3 Å². The highest BCUT2D eigenvalue weighted by molar-refractivity contribution is 6.29. The largest absolute Gasteiger partial charge is 0.441 e. The Balaban J connectivity index is 1.36. The molecule has 0 unspecified atom stereocenters. The highest BCUT2D eigenvalue weighted by atomic mass is 35.5. The number of para-hydroxylation sites is 1. The zero-order valence-corrected chi connectivity index (χ0v) is 20.4. The molecule has 1 spiro atoms. The third kappa shape index (κ3) is 4.92. The van der Waals surface area contributed by atoms with Gasteiger partial charge in [-0.05, 0) is 53.9 Å². The fourth-order valence-corrected chi connectivity index (χ4v) is 5.15. The van der Waals surface area contributed by atoms with E-state index in [0.717, 1.165) is 5.69 Å². The molecule has 0 N–H and O–H groups in total. The molecule has 2 aliphatic rings. The molecule has 1 amide bonds. The van der Waals surface area contributed by atoms with Crippen LogP contribution in [-0.2, 0) is 17.5 Å². The highest BCUT2D eigenvalue weighted by Gasteiger charge is 2.47. The predicted octanol–water partition coefficient (Wildman–Crippen LogP) is 6.72. The number of piperidine rings is 1. The maximum Gasteiger partial charge on any atom is 0.416 e. The second-order valence-electron chi connectivity index (χ2n) is 9.44. The van der Waals surface area contributed by atoms with Gasteiger partial charge in [0.2, 0.25) is 0 Å². The summed E-state index contributed by atoms with van der Waals surface area (Å²) >= 11 is 5.92. The Hall–Kier alpha value is -3.10. The Morgan fingerprint density at radius 1 is 1.08 bits per heavy atom. The van der Waals surface area contributed by atoms with E-state index in [1.165, 1.54) is 13.0 Å². The summed E-state index contributed by atoms with van der Waals surface area (Å²) in [7, 11) is 0. The molecule has 0 saturated carbocycles. The van der Waals surface area contributed by atoms with Crippen molar-refractivity contribution in [3.05, 3.63) is 82.6 Å². The van der Waals surface area contributed by atoms with E-state index in [0.29, 0.717) is 60.9 Å². The first-order chi connectivity index (χ1) is 17.1. The van der Waals surface area contributed by atoms with Gasteiger partial charge in [0.15, 0.2) is 0 Å². The van der Waals surface area contributed by atoms with E-state index in [9.17, 15) is 18.0 Å². The molecule has 2 aliphatic heterocycles. The minimum Gasteiger partial charge on any atom is -0.441 e. The van der Waals surface area contributed by atoms with Gasteiger partial charge >= 0.3 is 12.3 Å². The third-order valence-corrected chi connectivity index (χ3v) is 7.22. The van der Waals surface area contributed by atoms with Gasteiger partial charge in [-0.2, -0.15) is 13.2 Å². The Kier molecular flexibility index (Phi) is 6.43. The molecule has 2 saturated heterocycles. The lowest BCUT2D eigenvalue weighted by Gasteiger charge is -2.37. The summed E-state index contributed by atoms with van der Waals surface area (Å²) in [4.78, 5) is 20.4. The smallest absolute Gasteiger partial charge is 0.416 e. The number of hydrogen-bond donors (Lipinski definition) is 0. The first kappa shape index (κ1) is 24.6. The number of benzene rings is 2. The van der Waals surface area contributed by atoms with Crippen molar-refractivity contribution in [1.29, 1.82) is 0 Å². The van der Waals surface area contributed by atoms with E-state index in [1.807, 2.05) is 30.3 Å². The van der Waals surface area contributed by atoms with E-state index in [2.05, 4.69) is 9.88 Å². The average molecular weight is 516 g/mol. The molecule has 0 aliphatic carbocycles. The first-order valence-corrected chi connectivity index (χ1v) is 12.1. The standard InChI is InChI=1S/C27H25ClF3N3O2/c1-18-13-22(19-7-8-24(28)32-15-19)20(14-23(18)27(29,30)31)16-33-11-9-26(10-12-33)17-34(25(35)36-26)21-5-3-2-4-6-21/h2-8,13-15H,9-12,16-17H2,1H3. The summed E-state index contributed by atoms with van der Waals surface area (Å²) in [5, 5.41) is 0.320. The van der Waals surface area contributed by atoms with Crippen LogP contribution in [0.4, 0.5) is 23.7 Å². The van der Waals surface area contributed by atoms with Crippen molar-refractivity contribution in [3.63, 3.8) is 0 Å². The number of rotatable bonds is 4. The van der Waals surface area contributed by atoms with Crippen LogP contribution in [-0.4, -0.2) is 41.2 Å². The summed E-state index contributed by atoms with van der Waals surface area (Å²) in [5.41, 5.74) is 1.71. The van der Waals surface area contributed by atoms with E-state index in [-0.39, 0.29) is 11.7 Å². The summed E-state index contributed by atoms with van der Waals surface area (Å²) in [6.45, 7) is 3.48. The molecule has 188 valence electrons. The minimum atomic E-state index is -4.44. The Morgan fingerprint density at radius 2 is 1.81 bits per heavy atom. The van der Waals surface area contributed by atoms with Gasteiger partial charge in [0, 0.05) is 49.9 Å². The van der Waals surface area contributed by atoms with Crippen LogP contribution in [0, 0.1) is 6.92 Å². The summed E-state index contributed by atoms with van der Waals surface area (Å²) in [6.07, 6.45) is -2.01. The maximum absolute atomic E-state index is 13.7. The van der Waals surface area contributed by atoms with Crippen molar-refractivity contribution in [2.45, 2.75) is 38.1 Å². The normalized spacial score (nSPS) is 18.0. The number of carbonyl (C=O) groups is 1. The number of aryl methyl sites for hydroxylation is 1. The molecule has 3 heterocycles. The molecule has 0 radical (unpaired) electrons. The number of nitrogens with zero attached hydrogens (tertiary/aromatic N) is 3. The van der Waals surface area contributed by atoms with Gasteiger partial charge in [0.1, 0.15) is 10.8 Å². The number of pyridine rings is 1. The van der Waals surface area contributed by atoms with Gasteiger partial charge in [-0.15, -0.1) is 0 Å². The molecule has 36 heavy (non-hydrogen) atoms. The second-order valence-corrected chi connectivity index (χ2v) is 9.83. The van der Waals surface area contributed by atoms with E-state index < -0.39 is 17.3 Å². The van der Waals surface area contributed by atoms with Crippen LogP contribution < -0.4 is 4.90 Å². The van der Waals surface area contributed by atoms with Crippen molar-refractivity contribution >= 4 is 23.4 Å². The van der Waals surface area contributed by atoms with Gasteiger partial charge in [-0.3, -0.25) is 9.80 Å². The van der Waals surface area contributed by atoms with Crippen LogP contribution in [0.15, 0.2) is 60.8 Å². The van der Waals surface area contributed by atoms with Crippen LogP contribution in [0.3, 0.4) is 0 Å². The lowest BCUT2D eigenvalue weighted by Crippen LogP contribution is -2.46. The summed E-state index contributed by atoms with van der Waals surface area (Å²) in [6, 6.07) is 15.6. The van der Waals surface area contributed by atoms with Crippen molar-refractivity contribution < 1.29 is 22.7 Å². The second kappa shape index (κ2) is 9.41. The van der Waals surface area contributed by atoms with E-state index >= 15 is 0 Å². The highest BCUT2D eigenvalue weighted by Crippen LogP contribution is 2.39. The van der Waals surface area contributed by atoms with Crippen LogP contribution in [0.1, 0.15) is 29.5 Å². The fraction of sp³-hybridized carbons (Fsp3) is 0.333. The van der Waals surface area contributed by atoms with Gasteiger partial charge < -0.3 is 4.74 Å². The monoisotopic (exact) mass is 515 g/mol. The van der Waals surface area contributed by atoms with Gasteiger partial charge in [0.05, 0.1) is 12.1 Å². The Bertz CT molecular complexity index is 1260. The number of likely N-dealkylation sites (tertiary alicyclic amines) is 1. The molecule has 1 aromatic heterocycles. The molecular weight excluding hydrogens is 491 g/mol. The summed E-state index contributed by atoms with van der Waals surface area (Å²) in [5.74, 6) is 0. The molecule has 2 fully saturated rings. The molecule has 5 rings (SSSR count). The zero-order valence-electron chi connectivity index (χ0n) is 19.7. The molecule has 0 bridgehead atoms. The molecule has 0 atom stereocenters. The number of aromatic nitrogens is 1. The van der Waals surface area contributed by atoms with Crippen molar-refractivity contribution in [2.75, 3.05) is 24.5 Å². The Morgan fingerprint density at radius 3 is 2.44 bits per heavy atom. The molecule has 9 heteroatoms. The van der Waals surface area contributed by atoms with Crippen LogP contribution in [0.5, 0.6) is 0 Å². The Labute approximate surface area is 212 Å². The number of carbonyl (C=O) groups excluding carboxylic acids is 1. The zero-order chi connectivity index (χ0) is 25.5. The van der Waals surface area contributed by atoms with Crippen LogP contribution in [0.2, 0.25) is 5.15 Å². The number of halogens is 4.